The predicted molar refractivity (Wildman–Crippen MR) is 71.1 cm³/mol. The van der Waals surface area contributed by atoms with E-state index in [-0.39, 0.29) is 27.1 Å². The monoisotopic (exact) mass is 310 g/mol. The van der Waals surface area contributed by atoms with Crippen LogP contribution in [0.3, 0.4) is 0 Å². The number of aromatic nitrogens is 2. The Hall–Kier alpha value is -2.23. The fraction of sp³-hybridized carbons (Fsp3) is 0. The van der Waals surface area contributed by atoms with Gasteiger partial charge in [0.2, 0.25) is 0 Å². The van der Waals surface area contributed by atoms with E-state index >= 15 is 0 Å². The summed E-state index contributed by atoms with van der Waals surface area (Å²) < 4.78 is 13.4. The number of nitrogens with one attached hydrogen (secondary N) is 1. The Kier molecular flexibility index (Phi) is 4.13. The maximum atomic E-state index is 13.4. The summed E-state index contributed by atoms with van der Waals surface area (Å²) in [5.74, 6) is -1.41. The van der Waals surface area contributed by atoms with Crippen molar-refractivity contribution >= 4 is 34.8 Å². The molecule has 0 unspecified atom stereocenters. The Bertz CT molecular complexity index is 730. The van der Waals surface area contributed by atoms with Crippen molar-refractivity contribution in [1.29, 1.82) is 5.26 Å². The highest BCUT2D eigenvalue weighted by Crippen LogP contribution is 2.21. The molecule has 2 rings (SSSR count). The van der Waals surface area contributed by atoms with E-state index < -0.39 is 11.7 Å². The highest BCUT2D eigenvalue weighted by Gasteiger charge is 2.16. The lowest BCUT2D eigenvalue weighted by atomic mass is 10.1. The first-order valence-electron chi connectivity index (χ1n) is 5.21. The van der Waals surface area contributed by atoms with Crippen LogP contribution >= 0.6 is 23.2 Å². The van der Waals surface area contributed by atoms with Gasteiger partial charge < -0.3 is 5.32 Å². The molecule has 0 aliphatic rings. The molecule has 100 valence electrons. The van der Waals surface area contributed by atoms with E-state index in [0.717, 1.165) is 6.07 Å². The van der Waals surface area contributed by atoms with Crippen LogP contribution in [-0.4, -0.2) is 16.1 Å². The van der Waals surface area contributed by atoms with Crippen LogP contribution in [0.4, 0.5) is 10.1 Å². The lowest BCUT2D eigenvalue weighted by Crippen LogP contribution is -2.14. The molecule has 0 spiro atoms. The molecular weight excluding hydrogens is 306 g/mol. The van der Waals surface area contributed by atoms with E-state index in [1.807, 2.05) is 0 Å². The molecule has 20 heavy (non-hydrogen) atoms. The van der Waals surface area contributed by atoms with Crippen LogP contribution in [0.1, 0.15) is 15.9 Å². The Morgan fingerprint density at radius 3 is 2.80 bits per heavy atom. The maximum Gasteiger partial charge on any atom is 0.259 e. The van der Waals surface area contributed by atoms with Crippen LogP contribution in [-0.2, 0) is 0 Å². The van der Waals surface area contributed by atoms with Crippen LogP contribution in [0.25, 0.3) is 0 Å². The molecular formula is C12H5Cl2FN4O. The van der Waals surface area contributed by atoms with Gasteiger partial charge in [-0.2, -0.15) is 5.26 Å². The Balaban J connectivity index is 2.36. The van der Waals surface area contributed by atoms with Crippen LogP contribution in [0.15, 0.2) is 24.3 Å². The molecule has 1 amide bonds. The molecule has 0 saturated heterocycles. The molecule has 0 aliphatic carbocycles. The summed E-state index contributed by atoms with van der Waals surface area (Å²) in [5, 5.41) is 18.0. The molecule has 2 aromatic rings. The maximum absolute atomic E-state index is 13.4. The average molecular weight is 311 g/mol. The van der Waals surface area contributed by atoms with E-state index in [2.05, 4.69) is 15.5 Å². The summed E-state index contributed by atoms with van der Waals surface area (Å²) in [7, 11) is 0. The van der Waals surface area contributed by atoms with Crippen LogP contribution in [0, 0.1) is 17.1 Å². The topological polar surface area (TPSA) is 78.7 Å². The van der Waals surface area contributed by atoms with E-state index in [1.165, 1.54) is 18.2 Å². The van der Waals surface area contributed by atoms with Gasteiger partial charge in [-0.3, -0.25) is 4.79 Å². The number of nitrogens with zero attached hydrogens (tertiary/aromatic N) is 3. The van der Waals surface area contributed by atoms with Gasteiger partial charge in [0, 0.05) is 0 Å². The number of amides is 1. The van der Waals surface area contributed by atoms with Crippen molar-refractivity contribution in [1.82, 2.24) is 10.2 Å². The van der Waals surface area contributed by atoms with Crippen LogP contribution in [0.2, 0.25) is 10.3 Å². The Labute approximate surface area is 123 Å². The van der Waals surface area contributed by atoms with E-state index in [9.17, 15) is 9.18 Å². The van der Waals surface area contributed by atoms with E-state index in [1.54, 1.807) is 6.07 Å². The number of anilines is 1. The zero-order valence-corrected chi connectivity index (χ0v) is 11.2. The van der Waals surface area contributed by atoms with Gasteiger partial charge in [0.1, 0.15) is 17.4 Å². The first-order chi connectivity index (χ1) is 9.52. The van der Waals surface area contributed by atoms with Crippen molar-refractivity contribution in [2.24, 2.45) is 0 Å². The minimum absolute atomic E-state index is 0.0145. The summed E-state index contributed by atoms with van der Waals surface area (Å²) in [6, 6.07) is 6.77. The number of halogens is 3. The molecule has 0 radical (unpaired) electrons. The molecule has 0 fully saturated rings. The first kappa shape index (κ1) is 14.2. The largest absolute Gasteiger partial charge is 0.321 e. The second kappa shape index (κ2) is 5.82. The summed E-state index contributed by atoms with van der Waals surface area (Å²) in [4.78, 5) is 12.0. The zero-order chi connectivity index (χ0) is 14.7. The van der Waals surface area contributed by atoms with Gasteiger partial charge in [-0.05, 0) is 18.2 Å². The van der Waals surface area contributed by atoms with Gasteiger partial charge in [0.15, 0.2) is 10.3 Å². The summed E-state index contributed by atoms with van der Waals surface area (Å²) in [6.45, 7) is 0. The van der Waals surface area contributed by atoms with E-state index in [4.69, 9.17) is 28.5 Å². The van der Waals surface area contributed by atoms with Crippen molar-refractivity contribution in [3.63, 3.8) is 0 Å². The Morgan fingerprint density at radius 1 is 1.35 bits per heavy atom. The van der Waals surface area contributed by atoms with Gasteiger partial charge in [0.25, 0.3) is 5.91 Å². The van der Waals surface area contributed by atoms with Crippen molar-refractivity contribution < 1.29 is 9.18 Å². The van der Waals surface area contributed by atoms with Gasteiger partial charge in [-0.15, -0.1) is 10.2 Å². The minimum atomic E-state index is -0.734. The summed E-state index contributed by atoms with van der Waals surface area (Å²) >= 11 is 11.4. The van der Waals surface area contributed by atoms with Gasteiger partial charge in [-0.25, -0.2) is 4.39 Å². The third kappa shape index (κ3) is 2.85. The van der Waals surface area contributed by atoms with Crippen molar-refractivity contribution in [2.45, 2.75) is 0 Å². The fourth-order valence-corrected chi connectivity index (χ4v) is 1.77. The van der Waals surface area contributed by atoms with Crippen LogP contribution in [0.5, 0.6) is 0 Å². The molecule has 1 aromatic heterocycles. The number of carbonyl (C=O) groups is 1. The fourth-order valence-electron chi connectivity index (χ4n) is 1.44. The molecule has 0 aliphatic heterocycles. The SMILES string of the molecule is N#Cc1c(F)cccc1NC(=O)c1cc(Cl)nnc1Cl. The molecule has 1 aromatic carbocycles. The third-order valence-electron chi connectivity index (χ3n) is 2.34. The molecule has 0 saturated carbocycles. The van der Waals surface area contributed by atoms with E-state index in [0.29, 0.717) is 0 Å². The highest BCUT2D eigenvalue weighted by molar-refractivity contribution is 6.34. The molecule has 5 nitrogen and oxygen atoms in total. The standard InChI is InChI=1S/C12H5Cl2FN4O/c13-10-4-6(11(14)19-18-10)12(20)17-9-3-1-2-8(15)7(9)5-16/h1-4H,(H,17,20). The van der Waals surface area contributed by atoms with Crippen molar-refractivity contribution in [3.8, 4) is 6.07 Å². The first-order valence-corrected chi connectivity index (χ1v) is 5.97. The highest BCUT2D eigenvalue weighted by atomic mass is 35.5. The number of rotatable bonds is 2. The number of hydrogen-bond acceptors (Lipinski definition) is 4. The van der Waals surface area contributed by atoms with Crippen LogP contribution < -0.4 is 5.32 Å². The smallest absolute Gasteiger partial charge is 0.259 e. The normalized spacial score (nSPS) is 9.90. The molecule has 0 atom stereocenters. The predicted octanol–water partition coefficient (Wildman–Crippen LogP) is 3.05. The average Bonchev–Trinajstić information content (AvgIpc) is 2.41. The quantitative estimate of drug-likeness (QED) is 0.924. The number of benzene rings is 1. The minimum Gasteiger partial charge on any atom is -0.321 e. The second-order valence-corrected chi connectivity index (χ2v) is 4.35. The number of nitriles is 1. The third-order valence-corrected chi connectivity index (χ3v) is 2.80. The lowest BCUT2D eigenvalue weighted by molar-refractivity contribution is 0.102. The zero-order valence-electron chi connectivity index (χ0n) is 9.69. The van der Waals surface area contributed by atoms with Crippen molar-refractivity contribution in [3.05, 3.63) is 51.5 Å². The summed E-state index contributed by atoms with van der Waals surface area (Å²) in [6.07, 6.45) is 0. The number of hydrogen-bond donors (Lipinski definition) is 1. The molecule has 1 N–H and O–H groups in total. The van der Waals surface area contributed by atoms with Gasteiger partial charge in [0.05, 0.1) is 11.3 Å². The number of carbonyl (C=O) groups excluding carboxylic acids is 1. The van der Waals surface area contributed by atoms with Crippen molar-refractivity contribution in [2.75, 3.05) is 5.32 Å². The van der Waals surface area contributed by atoms with Gasteiger partial charge >= 0.3 is 0 Å². The van der Waals surface area contributed by atoms with Gasteiger partial charge in [-0.1, -0.05) is 29.3 Å². The molecule has 1 heterocycles. The molecule has 0 bridgehead atoms. The summed E-state index contributed by atoms with van der Waals surface area (Å²) in [5.41, 5.74) is -0.272. The lowest BCUT2D eigenvalue weighted by Gasteiger charge is -2.08. The molecule has 8 heteroatoms. The second-order valence-electron chi connectivity index (χ2n) is 3.60. The Morgan fingerprint density at radius 2 is 2.10 bits per heavy atom.